The standard InChI is InChI=1S/C21H22N4O2/c26-19-6-2-1-5-18(19)21(27)25-12-3-4-17(15-25)20-23-11-13-24(20)14-16-7-9-22-10-8-16/h1-2,5-11,13,17,26H,3-4,12,14-15H2/t17-/m0/s1. The monoisotopic (exact) mass is 362 g/mol. The molecule has 1 aliphatic heterocycles. The predicted molar refractivity (Wildman–Crippen MR) is 102 cm³/mol. The molecule has 3 heterocycles. The second kappa shape index (κ2) is 7.61. The molecule has 0 aliphatic carbocycles. The van der Waals surface area contributed by atoms with Gasteiger partial charge in [-0.2, -0.15) is 0 Å². The molecule has 1 aromatic carbocycles. The highest BCUT2D eigenvalue weighted by Crippen LogP contribution is 2.28. The van der Waals surface area contributed by atoms with Gasteiger partial charge in [-0.25, -0.2) is 4.98 Å². The lowest BCUT2D eigenvalue weighted by atomic mass is 9.96. The van der Waals surface area contributed by atoms with Gasteiger partial charge < -0.3 is 14.6 Å². The Labute approximate surface area is 158 Å². The molecule has 0 spiro atoms. The molecule has 0 saturated carbocycles. The molecule has 6 heteroatoms. The molecule has 6 nitrogen and oxygen atoms in total. The van der Waals surface area contributed by atoms with Crippen molar-refractivity contribution in [1.29, 1.82) is 0 Å². The van der Waals surface area contributed by atoms with Crippen LogP contribution in [0.1, 0.15) is 40.5 Å². The van der Waals surface area contributed by atoms with Gasteiger partial charge in [-0.3, -0.25) is 9.78 Å². The van der Waals surface area contributed by atoms with E-state index < -0.39 is 0 Å². The number of carbonyl (C=O) groups excluding carboxylic acids is 1. The van der Waals surface area contributed by atoms with Crippen LogP contribution in [0, 0.1) is 0 Å². The first-order valence-corrected chi connectivity index (χ1v) is 9.19. The van der Waals surface area contributed by atoms with Crippen molar-refractivity contribution in [3.05, 3.63) is 78.1 Å². The highest BCUT2D eigenvalue weighted by Gasteiger charge is 2.28. The highest BCUT2D eigenvalue weighted by atomic mass is 16.3. The molecular formula is C21H22N4O2. The number of amides is 1. The Morgan fingerprint density at radius 1 is 1.15 bits per heavy atom. The zero-order chi connectivity index (χ0) is 18.6. The number of hydrogen-bond acceptors (Lipinski definition) is 4. The zero-order valence-corrected chi connectivity index (χ0v) is 15.0. The minimum absolute atomic E-state index is 0.0313. The Balaban J connectivity index is 1.52. The average molecular weight is 362 g/mol. The van der Waals surface area contributed by atoms with Gasteiger partial charge in [0.05, 0.1) is 5.56 Å². The normalized spacial score (nSPS) is 17.0. The Morgan fingerprint density at radius 3 is 2.78 bits per heavy atom. The van der Waals surface area contributed by atoms with Crippen molar-refractivity contribution in [2.45, 2.75) is 25.3 Å². The molecule has 4 rings (SSSR count). The summed E-state index contributed by atoms with van der Waals surface area (Å²) in [5.74, 6) is 1.10. The number of hydrogen-bond donors (Lipinski definition) is 1. The zero-order valence-electron chi connectivity index (χ0n) is 15.0. The van der Waals surface area contributed by atoms with Crippen LogP contribution in [-0.2, 0) is 6.54 Å². The number of pyridine rings is 1. The van der Waals surface area contributed by atoms with Crippen LogP contribution in [0.25, 0.3) is 0 Å². The van der Waals surface area contributed by atoms with Crippen molar-refractivity contribution in [2.75, 3.05) is 13.1 Å². The van der Waals surface area contributed by atoms with Gasteiger partial charge in [-0.15, -0.1) is 0 Å². The average Bonchev–Trinajstić information content (AvgIpc) is 3.17. The number of carbonyl (C=O) groups is 1. The van der Waals surface area contributed by atoms with E-state index in [-0.39, 0.29) is 17.6 Å². The molecule has 1 aliphatic rings. The van der Waals surface area contributed by atoms with E-state index >= 15 is 0 Å². The SMILES string of the molecule is O=C(c1ccccc1O)N1CCC[C@H](c2nccn2Cc2ccncc2)C1. The number of benzene rings is 1. The van der Waals surface area contributed by atoms with E-state index in [1.807, 2.05) is 29.4 Å². The minimum Gasteiger partial charge on any atom is -0.507 e. The molecule has 1 fully saturated rings. The molecular weight excluding hydrogens is 340 g/mol. The lowest BCUT2D eigenvalue weighted by molar-refractivity contribution is 0.0700. The van der Waals surface area contributed by atoms with Crippen LogP contribution < -0.4 is 0 Å². The van der Waals surface area contributed by atoms with E-state index in [1.165, 1.54) is 5.56 Å². The number of likely N-dealkylation sites (tertiary alicyclic amines) is 1. The number of phenolic OH excluding ortho intramolecular Hbond substituents is 1. The maximum absolute atomic E-state index is 12.8. The fourth-order valence-corrected chi connectivity index (χ4v) is 3.70. The van der Waals surface area contributed by atoms with Crippen molar-refractivity contribution in [3.63, 3.8) is 0 Å². The number of imidazole rings is 1. The molecule has 1 atom stereocenters. The molecule has 1 saturated heterocycles. The van der Waals surface area contributed by atoms with Gasteiger partial charge in [0.1, 0.15) is 11.6 Å². The number of nitrogens with zero attached hydrogens (tertiary/aromatic N) is 4. The number of aromatic hydroxyl groups is 1. The van der Waals surface area contributed by atoms with Crippen molar-refractivity contribution in [2.24, 2.45) is 0 Å². The van der Waals surface area contributed by atoms with Gasteiger partial charge in [-0.1, -0.05) is 12.1 Å². The maximum atomic E-state index is 12.8. The minimum atomic E-state index is -0.120. The van der Waals surface area contributed by atoms with E-state index in [0.29, 0.717) is 18.7 Å². The molecule has 0 bridgehead atoms. The summed E-state index contributed by atoms with van der Waals surface area (Å²) in [6.07, 6.45) is 9.31. The number of aromatic nitrogens is 3. The molecule has 0 radical (unpaired) electrons. The summed E-state index contributed by atoms with van der Waals surface area (Å²) in [7, 11) is 0. The first-order chi connectivity index (χ1) is 13.2. The summed E-state index contributed by atoms with van der Waals surface area (Å²) >= 11 is 0. The molecule has 1 amide bonds. The summed E-state index contributed by atoms with van der Waals surface area (Å²) in [5.41, 5.74) is 1.53. The third kappa shape index (κ3) is 3.69. The predicted octanol–water partition coefficient (Wildman–Crippen LogP) is 3.05. The van der Waals surface area contributed by atoms with Gasteiger partial charge >= 0.3 is 0 Å². The molecule has 0 unspecified atom stereocenters. The van der Waals surface area contributed by atoms with Crippen molar-refractivity contribution >= 4 is 5.91 Å². The quantitative estimate of drug-likeness (QED) is 0.774. The van der Waals surface area contributed by atoms with Crippen LogP contribution in [0.15, 0.2) is 61.2 Å². The third-order valence-corrected chi connectivity index (χ3v) is 5.06. The van der Waals surface area contributed by atoms with E-state index in [1.54, 1.807) is 36.7 Å². The second-order valence-corrected chi connectivity index (χ2v) is 6.88. The van der Waals surface area contributed by atoms with Gasteiger partial charge in [0.25, 0.3) is 5.91 Å². The third-order valence-electron chi connectivity index (χ3n) is 5.06. The number of phenols is 1. The Bertz CT molecular complexity index is 923. The van der Waals surface area contributed by atoms with Gasteiger partial charge in [0.2, 0.25) is 0 Å². The lowest BCUT2D eigenvalue weighted by Crippen LogP contribution is -2.39. The lowest BCUT2D eigenvalue weighted by Gasteiger charge is -2.33. The van der Waals surface area contributed by atoms with E-state index in [4.69, 9.17) is 0 Å². The second-order valence-electron chi connectivity index (χ2n) is 6.88. The van der Waals surface area contributed by atoms with E-state index in [2.05, 4.69) is 14.5 Å². The fraction of sp³-hybridized carbons (Fsp3) is 0.286. The Kier molecular flexibility index (Phi) is 4.87. The maximum Gasteiger partial charge on any atom is 0.257 e. The number of para-hydroxylation sites is 1. The highest BCUT2D eigenvalue weighted by molar-refractivity contribution is 5.96. The largest absolute Gasteiger partial charge is 0.507 e. The summed E-state index contributed by atoms with van der Waals surface area (Å²) in [6, 6.07) is 10.7. The Morgan fingerprint density at radius 2 is 1.96 bits per heavy atom. The van der Waals surface area contributed by atoms with Gasteiger partial charge in [0.15, 0.2) is 0 Å². The van der Waals surface area contributed by atoms with Crippen molar-refractivity contribution < 1.29 is 9.90 Å². The van der Waals surface area contributed by atoms with Gasteiger partial charge in [0, 0.05) is 50.3 Å². The van der Waals surface area contributed by atoms with Crippen molar-refractivity contribution in [3.8, 4) is 5.75 Å². The topological polar surface area (TPSA) is 71.2 Å². The Hall–Kier alpha value is -3.15. The molecule has 1 N–H and O–H groups in total. The molecule has 138 valence electrons. The van der Waals surface area contributed by atoms with Crippen LogP contribution in [0.3, 0.4) is 0 Å². The van der Waals surface area contributed by atoms with Gasteiger partial charge in [-0.05, 0) is 42.7 Å². The summed E-state index contributed by atoms with van der Waals surface area (Å²) < 4.78 is 2.15. The number of piperidine rings is 1. The first-order valence-electron chi connectivity index (χ1n) is 9.19. The first kappa shape index (κ1) is 17.3. The van der Waals surface area contributed by atoms with Crippen LogP contribution in [0.5, 0.6) is 5.75 Å². The number of rotatable bonds is 4. The van der Waals surface area contributed by atoms with Crippen LogP contribution >= 0.6 is 0 Å². The molecule has 27 heavy (non-hydrogen) atoms. The summed E-state index contributed by atoms with van der Waals surface area (Å²) in [4.78, 5) is 23.3. The van der Waals surface area contributed by atoms with E-state index in [0.717, 1.165) is 25.2 Å². The van der Waals surface area contributed by atoms with Crippen LogP contribution in [-0.4, -0.2) is 43.5 Å². The van der Waals surface area contributed by atoms with Crippen molar-refractivity contribution in [1.82, 2.24) is 19.4 Å². The smallest absolute Gasteiger partial charge is 0.257 e. The van der Waals surface area contributed by atoms with Crippen LogP contribution in [0.4, 0.5) is 0 Å². The summed E-state index contributed by atoms with van der Waals surface area (Å²) in [5, 5.41) is 10.0. The fourth-order valence-electron chi connectivity index (χ4n) is 3.70. The molecule has 3 aromatic rings. The summed E-state index contributed by atoms with van der Waals surface area (Å²) in [6.45, 7) is 2.05. The molecule has 2 aromatic heterocycles. The van der Waals surface area contributed by atoms with Crippen LogP contribution in [0.2, 0.25) is 0 Å². The van der Waals surface area contributed by atoms with E-state index in [9.17, 15) is 9.90 Å².